The predicted octanol–water partition coefficient (Wildman–Crippen LogP) is 3.34. The number of hydrogen-bond acceptors (Lipinski definition) is 3. The molecule has 4 nitrogen and oxygen atoms in total. The fourth-order valence-electron chi connectivity index (χ4n) is 4.24. The molecule has 3 atom stereocenters. The molecule has 0 bridgehead atoms. The maximum Gasteiger partial charge on any atom is 0.222 e. The highest BCUT2D eigenvalue weighted by atomic mass is 16.3. The van der Waals surface area contributed by atoms with E-state index in [4.69, 9.17) is 5.73 Å². The van der Waals surface area contributed by atoms with Crippen molar-refractivity contribution in [2.24, 2.45) is 17.6 Å². The van der Waals surface area contributed by atoms with Crippen molar-refractivity contribution in [1.82, 2.24) is 4.90 Å². The molecule has 3 rings (SSSR count). The molecule has 2 aromatic rings. The first-order valence-corrected chi connectivity index (χ1v) is 9.73. The minimum absolute atomic E-state index is 0.0247. The average Bonchev–Trinajstić information content (AvgIpc) is 2.65. The van der Waals surface area contributed by atoms with Crippen LogP contribution in [0.2, 0.25) is 0 Å². The Balaban J connectivity index is 1.67. The molecule has 0 aliphatic carbocycles. The standard InChI is InChI=1S/C23H30N2O2/c1-17-15-25(12-11-23(17,2)20-9-6-10-21(26)14-20)16-19(22(24)27)13-18-7-4-3-5-8-18/h3-10,14,17,19,26H,11-13,15-16H2,1-2H3,(H2,24,27). The van der Waals surface area contributed by atoms with E-state index in [1.165, 1.54) is 5.56 Å². The van der Waals surface area contributed by atoms with E-state index in [1.807, 2.05) is 42.5 Å². The van der Waals surface area contributed by atoms with Crippen molar-refractivity contribution in [1.29, 1.82) is 0 Å². The van der Waals surface area contributed by atoms with Gasteiger partial charge in [-0.15, -0.1) is 0 Å². The third kappa shape index (κ3) is 4.51. The van der Waals surface area contributed by atoms with Crippen LogP contribution in [0.15, 0.2) is 54.6 Å². The van der Waals surface area contributed by atoms with E-state index in [2.05, 4.69) is 24.8 Å². The number of phenols is 1. The van der Waals surface area contributed by atoms with Crippen molar-refractivity contribution in [3.05, 3.63) is 65.7 Å². The summed E-state index contributed by atoms with van der Waals surface area (Å²) in [4.78, 5) is 14.4. The van der Waals surface area contributed by atoms with Crippen LogP contribution in [-0.2, 0) is 16.6 Å². The molecule has 1 heterocycles. The molecule has 4 heteroatoms. The van der Waals surface area contributed by atoms with E-state index < -0.39 is 0 Å². The summed E-state index contributed by atoms with van der Waals surface area (Å²) < 4.78 is 0. The third-order valence-electron chi connectivity index (χ3n) is 6.28. The van der Waals surface area contributed by atoms with Crippen molar-refractivity contribution in [3.8, 4) is 5.75 Å². The Hall–Kier alpha value is -2.33. The molecular weight excluding hydrogens is 336 g/mol. The monoisotopic (exact) mass is 366 g/mol. The number of hydrogen-bond donors (Lipinski definition) is 2. The Labute approximate surface area is 162 Å². The quantitative estimate of drug-likeness (QED) is 0.824. The third-order valence-corrected chi connectivity index (χ3v) is 6.28. The minimum atomic E-state index is -0.229. The van der Waals surface area contributed by atoms with Gasteiger partial charge in [0.1, 0.15) is 5.75 Å². The van der Waals surface area contributed by atoms with Crippen LogP contribution < -0.4 is 5.73 Å². The summed E-state index contributed by atoms with van der Waals surface area (Å²) in [7, 11) is 0. The van der Waals surface area contributed by atoms with E-state index in [-0.39, 0.29) is 17.2 Å². The van der Waals surface area contributed by atoms with E-state index in [0.717, 1.165) is 25.1 Å². The second-order valence-electron chi connectivity index (χ2n) is 8.17. The van der Waals surface area contributed by atoms with Gasteiger partial charge in [0.05, 0.1) is 5.92 Å². The number of primary amides is 1. The zero-order valence-corrected chi connectivity index (χ0v) is 16.3. The molecule has 0 spiro atoms. The summed E-state index contributed by atoms with van der Waals surface area (Å²) in [6, 6.07) is 17.7. The smallest absolute Gasteiger partial charge is 0.222 e. The van der Waals surface area contributed by atoms with Crippen molar-refractivity contribution in [2.75, 3.05) is 19.6 Å². The molecule has 3 N–H and O–H groups in total. The SMILES string of the molecule is CC1CN(CC(Cc2ccccc2)C(N)=O)CCC1(C)c1cccc(O)c1. The van der Waals surface area contributed by atoms with Crippen molar-refractivity contribution >= 4 is 5.91 Å². The van der Waals surface area contributed by atoms with Gasteiger partial charge in [0.2, 0.25) is 5.91 Å². The highest BCUT2D eigenvalue weighted by molar-refractivity contribution is 5.77. The fraction of sp³-hybridized carbons (Fsp3) is 0.435. The predicted molar refractivity (Wildman–Crippen MR) is 109 cm³/mol. The van der Waals surface area contributed by atoms with Gasteiger partial charge < -0.3 is 15.7 Å². The molecule has 0 aromatic heterocycles. The van der Waals surface area contributed by atoms with E-state index in [0.29, 0.717) is 24.6 Å². The molecule has 3 unspecified atom stereocenters. The van der Waals surface area contributed by atoms with Crippen molar-refractivity contribution < 1.29 is 9.90 Å². The number of likely N-dealkylation sites (tertiary alicyclic amines) is 1. The van der Waals surface area contributed by atoms with Gasteiger partial charge in [-0.1, -0.05) is 56.3 Å². The van der Waals surface area contributed by atoms with E-state index in [1.54, 1.807) is 6.07 Å². The van der Waals surface area contributed by atoms with Gasteiger partial charge in [0.15, 0.2) is 0 Å². The highest BCUT2D eigenvalue weighted by Crippen LogP contribution is 2.40. The van der Waals surface area contributed by atoms with Gasteiger partial charge in [0.25, 0.3) is 0 Å². The van der Waals surface area contributed by atoms with Gasteiger partial charge in [-0.3, -0.25) is 4.79 Å². The Bertz CT molecular complexity index is 777. The molecule has 2 aromatic carbocycles. The lowest BCUT2D eigenvalue weighted by atomic mass is 9.68. The Kier molecular flexibility index (Phi) is 5.85. The molecule has 0 radical (unpaired) electrons. The largest absolute Gasteiger partial charge is 0.508 e. The van der Waals surface area contributed by atoms with Crippen LogP contribution >= 0.6 is 0 Å². The lowest BCUT2D eigenvalue weighted by molar-refractivity contribution is -0.122. The first kappa shape index (κ1) is 19.4. The van der Waals surface area contributed by atoms with Crippen LogP contribution in [0.5, 0.6) is 5.75 Å². The normalized spacial score (nSPS) is 24.4. The zero-order chi connectivity index (χ0) is 19.4. The lowest BCUT2D eigenvalue weighted by Gasteiger charge is -2.45. The Morgan fingerprint density at radius 3 is 2.63 bits per heavy atom. The second-order valence-corrected chi connectivity index (χ2v) is 8.17. The van der Waals surface area contributed by atoms with Gasteiger partial charge in [-0.25, -0.2) is 0 Å². The molecule has 1 fully saturated rings. The average molecular weight is 367 g/mol. The summed E-state index contributed by atoms with van der Waals surface area (Å²) in [5.41, 5.74) is 8.06. The maximum absolute atomic E-state index is 12.0. The number of nitrogens with zero attached hydrogens (tertiary/aromatic N) is 1. The summed E-state index contributed by atoms with van der Waals surface area (Å²) >= 11 is 0. The van der Waals surface area contributed by atoms with E-state index in [9.17, 15) is 9.90 Å². The number of carbonyl (C=O) groups excluding carboxylic acids is 1. The number of carbonyl (C=O) groups is 1. The molecule has 1 aliphatic heterocycles. The van der Waals surface area contributed by atoms with Gasteiger partial charge in [-0.2, -0.15) is 0 Å². The maximum atomic E-state index is 12.0. The van der Waals surface area contributed by atoms with Gasteiger partial charge in [-0.05, 0) is 54.0 Å². The summed E-state index contributed by atoms with van der Waals surface area (Å²) in [5.74, 6) is 0.329. The first-order chi connectivity index (χ1) is 12.9. The zero-order valence-electron chi connectivity index (χ0n) is 16.3. The van der Waals surface area contributed by atoms with Gasteiger partial charge >= 0.3 is 0 Å². The first-order valence-electron chi connectivity index (χ1n) is 9.73. The van der Waals surface area contributed by atoms with Gasteiger partial charge in [0, 0.05) is 13.1 Å². The molecule has 1 amide bonds. The number of benzene rings is 2. The number of piperidine rings is 1. The summed E-state index contributed by atoms with van der Waals surface area (Å²) in [5, 5.41) is 9.85. The molecule has 144 valence electrons. The number of amides is 1. The van der Waals surface area contributed by atoms with Crippen LogP contribution in [0, 0.1) is 11.8 Å². The Morgan fingerprint density at radius 2 is 2.00 bits per heavy atom. The van der Waals surface area contributed by atoms with Crippen LogP contribution in [-0.4, -0.2) is 35.5 Å². The Morgan fingerprint density at radius 1 is 1.26 bits per heavy atom. The van der Waals surface area contributed by atoms with Crippen LogP contribution in [0.25, 0.3) is 0 Å². The molecule has 27 heavy (non-hydrogen) atoms. The number of phenolic OH excluding ortho intramolecular Hbond substituents is 1. The molecule has 1 aliphatic rings. The summed E-state index contributed by atoms with van der Waals surface area (Å²) in [6.07, 6.45) is 1.68. The van der Waals surface area contributed by atoms with Crippen LogP contribution in [0.1, 0.15) is 31.4 Å². The van der Waals surface area contributed by atoms with E-state index >= 15 is 0 Å². The summed E-state index contributed by atoms with van der Waals surface area (Å²) in [6.45, 7) is 7.08. The van der Waals surface area contributed by atoms with Crippen molar-refractivity contribution in [3.63, 3.8) is 0 Å². The van der Waals surface area contributed by atoms with Crippen molar-refractivity contribution in [2.45, 2.75) is 32.1 Å². The fourth-order valence-corrected chi connectivity index (χ4v) is 4.24. The van der Waals surface area contributed by atoms with Crippen LogP contribution in [0.4, 0.5) is 0 Å². The second kappa shape index (κ2) is 8.13. The van der Waals surface area contributed by atoms with Crippen LogP contribution in [0.3, 0.4) is 0 Å². The number of rotatable bonds is 6. The molecular formula is C23H30N2O2. The molecule has 0 saturated carbocycles. The lowest BCUT2D eigenvalue weighted by Crippen LogP contribution is -2.49. The number of nitrogens with two attached hydrogens (primary N) is 1. The topological polar surface area (TPSA) is 66.6 Å². The molecule has 1 saturated heterocycles. The number of aromatic hydroxyl groups is 1. The highest BCUT2D eigenvalue weighted by Gasteiger charge is 2.38. The minimum Gasteiger partial charge on any atom is -0.508 e.